The summed E-state index contributed by atoms with van der Waals surface area (Å²) in [7, 11) is -1.36. The van der Waals surface area contributed by atoms with Crippen LogP contribution in [0.5, 0.6) is 0 Å². The van der Waals surface area contributed by atoms with Crippen LogP contribution in [0.1, 0.15) is 6.92 Å². The Morgan fingerprint density at radius 1 is 1.62 bits per heavy atom. The van der Waals surface area contributed by atoms with Crippen LogP contribution in [0.3, 0.4) is 0 Å². The van der Waals surface area contributed by atoms with Crippen molar-refractivity contribution in [2.75, 3.05) is 12.5 Å². The third kappa shape index (κ3) is 4.90. The molecular weight excluding hydrogens is 163 g/mol. The molecule has 0 amide bonds. The molecule has 1 nitrogen and oxygen atoms in total. The van der Waals surface area contributed by atoms with Crippen molar-refractivity contribution in [3.8, 4) is 0 Å². The second-order valence-electron chi connectivity index (χ2n) is 1.34. The Morgan fingerprint density at radius 2 is 2.25 bits per heavy atom. The fraction of sp³-hybridized carbons (Fsp3) is 1.00. The molecule has 0 rings (SSSR count). The van der Waals surface area contributed by atoms with Crippen molar-refractivity contribution in [1.29, 1.82) is 0 Å². The van der Waals surface area contributed by atoms with Crippen molar-refractivity contribution in [2.45, 2.75) is 13.0 Å². The van der Waals surface area contributed by atoms with Crippen LogP contribution >= 0.6 is 22.7 Å². The number of alkyl halides is 1. The summed E-state index contributed by atoms with van der Waals surface area (Å²) in [6, 6.07) is 0.858. The van der Waals surface area contributed by atoms with Crippen molar-refractivity contribution >= 4 is 31.0 Å². The van der Waals surface area contributed by atoms with Crippen LogP contribution in [-0.2, 0) is 4.43 Å². The SMILES string of the molecule is CCO[SiH](Cl)CCCl. The molecule has 0 aromatic heterocycles. The fourth-order valence-corrected chi connectivity index (χ4v) is 2.68. The largest absolute Gasteiger partial charge is 0.406 e. The van der Waals surface area contributed by atoms with Gasteiger partial charge < -0.3 is 4.43 Å². The minimum Gasteiger partial charge on any atom is -0.406 e. The van der Waals surface area contributed by atoms with E-state index in [-0.39, 0.29) is 0 Å². The van der Waals surface area contributed by atoms with Crippen LogP contribution in [0.25, 0.3) is 0 Å². The lowest BCUT2D eigenvalue weighted by atomic mass is 10.9. The molecule has 0 aliphatic carbocycles. The van der Waals surface area contributed by atoms with Gasteiger partial charge in [-0.2, -0.15) is 0 Å². The minimum atomic E-state index is -1.36. The molecule has 0 saturated carbocycles. The van der Waals surface area contributed by atoms with E-state index in [9.17, 15) is 0 Å². The monoisotopic (exact) mass is 172 g/mol. The molecule has 0 aliphatic rings. The molecule has 1 unspecified atom stereocenters. The van der Waals surface area contributed by atoms with Gasteiger partial charge in [0.25, 0.3) is 8.35 Å². The highest BCUT2D eigenvalue weighted by Gasteiger charge is 2.03. The maximum absolute atomic E-state index is 5.71. The third-order valence-corrected chi connectivity index (χ3v) is 3.74. The first-order valence-electron chi connectivity index (χ1n) is 2.63. The predicted molar refractivity (Wildman–Crippen MR) is 40.2 cm³/mol. The Kier molecular flexibility index (Phi) is 6.44. The first-order valence-corrected chi connectivity index (χ1v) is 6.19. The number of hydrogen-bond acceptors (Lipinski definition) is 1. The van der Waals surface area contributed by atoms with Gasteiger partial charge in [0.15, 0.2) is 0 Å². The van der Waals surface area contributed by atoms with E-state index in [2.05, 4.69) is 0 Å². The van der Waals surface area contributed by atoms with Gasteiger partial charge in [-0.15, -0.1) is 22.7 Å². The summed E-state index contributed by atoms with van der Waals surface area (Å²) in [5.74, 6) is 0.625. The van der Waals surface area contributed by atoms with Crippen LogP contribution in [-0.4, -0.2) is 20.8 Å². The molecule has 0 spiro atoms. The molecule has 0 radical (unpaired) electrons. The van der Waals surface area contributed by atoms with Crippen LogP contribution in [0.4, 0.5) is 0 Å². The molecular formula is C4H10Cl2OSi. The zero-order chi connectivity index (χ0) is 6.41. The highest BCUT2D eigenvalue weighted by atomic mass is 35.6. The standard InChI is InChI=1S/C4H10Cl2OSi/c1-2-7-8(6)4-3-5/h8H,2-4H2,1H3. The Balaban J connectivity index is 2.92. The lowest BCUT2D eigenvalue weighted by Crippen LogP contribution is -2.09. The van der Waals surface area contributed by atoms with Gasteiger partial charge in [-0.3, -0.25) is 0 Å². The third-order valence-electron chi connectivity index (χ3n) is 0.684. The summed E-state index contributed by atoms with van der Waals surface area (Å²) in [6.07, 6.45) is 0. The molecule has 1 atom stereocenters. The molecule has 8 heavy (non-hydrogen) atoms. The van der Waals surface area contributed by atoms with Gasteiger partial charge in [0.1, 0.15) is 0 Å². The second-order valence-corrected chi connectivity index (χ2v) is 4.91. The van der Waals surface area contributed by atoms with E-state index in [0.29, 0.717) is 5.88 Å². The average Bonchev–Trinajstić information content (AvgIpc) is 1.68. The molecule has 0 N–H and O–H groups in total. The van der Waals surface area contributed by atoms with E-state index in [4.69, 9.17) is 27.1 Å². The Morgan fingerprint density at radius 3 is 2.62 bits per heavy atom. The second kappa shape index (κ2) is 5.89. The van der Waals surface area contributed by atoms with Gasteiger partial charge in [-0.1, -0.05) is 0 Å². The Labute approximate surface area is 61.4 Å². The van der Waals surface area contributed by atoms with E-state index in [1.54, 1.807) is 0 Å². The van der Waals surface area contributed by atoms with E-state index in [1.165, 1.54) is 0 Å². The lowest BCUT2D eigenvalue weighted by Gasteiger charge is -2.02. The quantitative estimate of drug-likeness (QED) is 0.357. The van der Waals surface area contributed by atoms with Gasteiger partial charge in [0.2, 0.25) is 0 Å². The fourth-order valence-electron chi connectivity index (χ4n) is 0.350. The maximum atomic E-state index is 5.71. The molecule has 0 fully saturated rings. The number of halogens is 2. The van der Waals surface area contributed by atoms with Crippen molar-refractivity contribution in [3.05, 3.63) is 0 Å². The van der Waals surface area contributed by atoms with Gasteiger partial charge in [0.05, 0.1) is 0 Å². The summed E-state index contributed by atoms with van der Waals surface area (Å²) in [5.41, 5.74) is 0. The zero-order valence-electron chi connectivity index (χ0n) is 4.86. The summed E-state index contributed by atoms with van der Waals surface area (Å²) < 4.78 is 5.10. The Bertz CT molecular complexity index is 47.3. The summed E-state index contributed by atoms with van der Waals surface area (Å²) >= 11 is 11.1. The molecule has 50 valence electrons. The smallest absolute Gasteiger partial charge is 0.275 e. The van der Waals surface area contributed by atoms with E-state index in [0.717, 1.165) is 12.7 Å². The highest BCUT2D eigenvalue weighted by Crippen LogP contribution is 2.00. The lowest BCUT2D eigenvalue weighted by molar-refractivity contribution is 0.355. The van der Waals surface area contributed by atoms with Crippen molar-refractivity contribution in [1.82, 2.24) is 0 Å². The van der Waals surface area contributed by atoms with Crippen LogP contribution in [0.2, 0.25) is 6.04 Å². The average molecular weight is 173 g/mol. The van der Waals surface area contributed by atoms with E-state index < -0.39 is 8.35 Å². The topological polar surface area (TPSA) is 9.23 Å². The molecule has 0 aliphatic heterocycles. The molecule has 0 aromatic carbocycles. The first-order chi connectivity index (χ1) is 3.81. The van der Waals surface area contributed by atoms with Crippen LogP contribution in [0.15, 0.2) is 0 Å². The molecule has 0 bridgehead atoms. The molecule has 4 heteroatoms. The molecule has 0 aromatic rings. The van der Waals surface area contributed by atoms with E-state index >= 15 is 0 Å². The minimum absolute atomic E-state index is 0.625. The first kappa shape index (κ1) is 8.76. The van der Waals surface area contributed by atoms with Gasteiger partial charge >= 0.3 is 0 Å². The van der Waals surface area contributed by atoms with Crippen LogP contribution in [0, 0.1) is 0 Å². The zero-order valence-corrected chi connectivity index (χ0v) is 7.53. The predicted octanol–water partition coefficient (Wildman–Crippen LogP) is 1.72. The molecule has 0 saturated heterocycles. The highest BCUT2D eigenvalue weighted by molar-refractivity contribution is 7.03. The van der Waals surface area contributed by atoms with Gasteiger partial charge in [-0.25, -0.2) is 0 Å². The number of rotatable bonds is 4. The van der Waals surface area contributed by atoms with Crippen LogP contribution < -0.4 is 0 Å². The number of hydrogen-bond donors (Lipinski definition) is 0. The van der Waals surface area contributed by atoms with Crippen molar-refractivity contribution < 1.29 is 4.43 Å². The summed E-state index contributed by atoms with van der Waals surface area (Å²) in [4.78, 5) is 0. The normalized spacial score (nSPS) is 13.9. The van der Waals surface area contributed by atoms with Gasteiger partial charge in [-0.05, 0) is 13.0 Å². The van der Waals surface area contributed by atoms with Gasteiger partial charge in [0, 0.05) is 12.5 Å². The summed E-state index contributed by atoms with van der Waals surface area (Å²) in [6.45, 7) is 2.66. The molecule has 0 heterocycles. The van der Waals surface area contributed by atoms with Crippen molar-refractivity contribution in [3.63, 3.8) is 0 Å². The van der Waals surface area contributed by atoms with E-state index in [1.807, 2.05) is 6.92 Å². The Hall–Kier alpha value is 0.757. The van der Waals surface area contributed by atoms with Crippen molar-refractivity contribution in [2.24, 2.45) is 0 Å². The summed E-state index contributed by atoms with van der Waals surface area (Å²) in [5, 5.41) is 0. The maximum Gasteiger partial charge on any atom is 0.275 e.